The lowest BCUT2D eigenvalue weighted by molar-refractivity contribution is 0.625. The van der Waals surface area contributed by atoms with Gasteiger partial charge < -0.3 is 5.32 Å². The zero-order valence-electron chi connectivity index (χ0n) is 10.7. The molecule has 0 radical (unpaired) electrons. The number of nitrogens with zero attached hydrogens (tertiary/aromatic N) is 1. The zero-order chi connectivity index (χ0) is 12.8. The Morgan fingerprint density at radius 1 is 1.28 bits per heavy atom. The van der Waals surface area contributed by atoms with E-state index in [4.69, 9.17) is 11.6 Å². The van der Waals surface area contributed by atoms with Crippen LogP contribution in [0.4, 0.5) is 0 Å². The van der Waals surface area contributed by atoms with E-state index in [1.54, 1.807) is 0 Å². The topological polar surface area (TPSA) is 24.9 Å². The molecule has 0 bridgehead atoms. The average molecular weight is 263 g/mol. The first-order chi connectivity index (χ1) is 8.81. The van der Waals surface area contributed by atoms with Gasteiger partial charge in [-0.15, -0.1) is 11.6 Å². The molecule has 2 nitrogen and oxygen atoms in total. The smallest absolute Gasteiger partial charge is 0.0705 e. The molecular weight excluding hydrogens is 244 g/mol. The summed E-state index contributed by atoms with van der Waals surface area (Å²) < 4.78 is 0. The van der Waals surface area contributed by atoms with Gasteiger partial charge in [0.2, 0.25) is 0 Å². The number of halogens is 1. The van der Waals surface area contributed by atoms with Crippen LogP contribution in [0.2, 0.25) is 0 Å². The fourth-order valence-corrected chi connectivity index (χ4v) is 2.42. The first kappa shape index (κ1) is 13.3. The monoisotopic (exact) mass is 262 g/mol. The highest BCUT2D eigenvalue weighted by Crippen LogP contribution is 2.15. The minimum atomic E-state index is 0.225. The van der Waals surface area contributed by atoms with Crippen molar-refractivity contribution in [3.05, 3.63) is 42.1 Å². The van der Waals surface area contributed by atoms with Crippen LogP contribution < -0.4 is 5.32 Å². The van der Waals surface area contributed by atoms with Crippen molar-refractivity contribution in [2.75, 3.05) is 6.54 Å². The Morgan fingerprint density at radius 3 is 2.94 bits per heavy atom. The van der Waals surface area contributed by atoms with E-state index < -0.39 is 0 Å². The molecule has 0 aliphatic carbocycles. The quantitative estimate of drug-likeness (QED) is 0.803. The van der Waals surface area contributed by atoms with Crippen LogP contribution in [0, 0.1) is 0 Å². The van der Waals surface area contributed by atoms with Crippen LogP contribution in [0.15, 0.2) is 36.5 Å². The summed E-state index contributed by atoms with van der Waals surface area (Å²) in [6.45, 7) is 3.85. The molecule has 0 saturated carbocycles. The van der Waals surface area contributed by atoms with Crippen molar-refractivity contribution in [1.82, 2.24) is 10.3 Å². The molecule has 0 fully saturated rings. The van der Waals surface area contributed by atoms with Gasteiger partial charge in [0, 0.05) is 30.0 Å². The molecule has 1 N–H and O–H groups in total. The largest absolute Gasteiger partial charge is 0.311 e. The molecule has 0 aliphatic heterocycles. The Balaban J connectivity index is 1.99. The van der Waals surface area contributed by atoms with Gasteiger partial charge in [-0.3, -0.25) is 4.98 Å². The standard InChI is InChI=1S/C15H19ClN2/c1-2-5-13(16)11-17-10-12-8-9-18-15-7-4-3-6-14(12)15/h3-4,6-9,13,17H,2,5,10-11H2,1H3. The Morgan fingerprint density at radius 2 is 2.11 bits per heavy atom. The summed E-state index contributed by atoms with van der Waals surface area (Å²) >= 11 is 6.19. The van der Waals surface area contributed by atoms with Gasteiger partial charge >= 0.3 is 0 Å². The van der Waals surface area contributed by atoms with Crippen LogP contribution in [0.5, 0.6) is 0 Å². The lowest BCUT2D eigenvalue weighted by Crippen LogP contribution is -2.22. The summed E-state index contributed by atoms with van der Waals surface area (Å²) in [5, 5.41) is 4.86. The molecule has 3 heteroatoms. The lowest BCUT2D eigenvalue weighted by atomic mass is 10.1. The number of nitrogens with one attached hydrogen (secondary N) is 1. The molecule has 0 saturated heterocycles. The molecule has 2 aromatic rings. The Bertz CT molecular complexity index is 493. The van der Waals surface area contributed by atoms with E-state index in [1.807, 2.05) is 18.3 Å². The number of benzene rings is 1. The third-order valence-electron chi connectivity index (χ3n) is 3.02. The highest BCUT2D eigenvalue weighted by molar-refractivity contribution is 6.20. The van der Waals surface area contributed by atoms with Crippen molar-refractivity contribution in [3.63, 3.8) is 0 Å². The molecule has 1 aromatic heterocycles. The number of para-hydroxylation sites is 1. The molecule has 0 aliphatic rings. The van der Waals surface area contributed by atoms with E-state index in [2.05, 4.69) is 35.4 Å². The molecule has 18 heavy (non-hydrogen) atoms. The zero-order valence-corrected chi connectivity index (χ0v) is 11.5. The van der Waals surface area contributed by atoms with Crippen LogP contribution >= 0.6 is 11.6 Å². The summed E-state index contributed by atoms with van der Waals surface area (Å²) in [7, 11) is 0. The van der Waals surface area contributed by atoms with Gasteiger partial charge in [-0.05, 0) is 24.1 Å². The van der Waals surface area contributed by atoms with E-state index in [-0.39, 0.29) is 5.38 Å². The van der Waals surface area contributed by atoms with E-state index in [0.717, 1.165) is 31.4 Å². The predicted molar refractivity (Wildman–Crippen MR) is 78.0 cm³/mol. The third kappa shape index (κ3) is 3.44. The minimum absolute atomic E-state index is 0.225. The summed E-state index contributed by atoms with van der Waals surface area (Å²) in [5.41, 5.74) is 2.33. The van der Waals surface area contributed by atoms with Gasteiger partial charge in [0.15, 0.2) is 0 Å². The van der Waals surface area contributed by atoms with Crippen molar-refractivity contribution in [1.29, 1.82) is 0 Å². The fourth-order valence-electron chi connectivity index (χ4n) is 2.09. The maximum Gasteiger partial charge on any atom is 0.0705 e. The van der Waals surface area contributed by atoms with Gasteiger partial charge in [-0.1, -0.05) is 31.5 Å². The molecule has 1 aromatic carbocycles. The van der Waals surface area contributed by atoms with Crippen LogP contribution in [0.25, 0.3) is 10.9 Å². The normalized spacial score (nSPS) is 12.8. The SMILES string of the molecule is CCCC(Cl)CNCc1ccnc2ccccc12. The number of hydrogen-bond donors (Lipinski definition) is 1. The molecule has 0 spiro atoms. The minimum Gasteiger partial charge on any atom is -0.311 e. The summed E-state index contributed by atoms with van der Waals surface area (Å²) in [4.78, 5) is 4.36. The predicted octanol–water partition coefficient (Wildman–Crippen LogP) is 3.73. The van der Waals surface area contributed by atoms with Crippen LogP contribution in [-0.4, -0.2) is 16.9 Å². The number of fused-ring (bicyclic) bond motifs is 1. The first-order valence-corrected chi connectivity index (χ1v) is 6.92. The highest BCUT2D eigenvalue weighted by Gasteiger charge is 2.04. The summed E-state index contributed by atoms with van der Waals surface area (Å²) in [5.74, 6) is 0. The number of aromatic nitrogens is 1. The van der Waals surface area contributed by atoms with Gasteiger partial charge in [0.25, 0.3) is 0 Å². The fraction of sp³-hybridized carbons (Fsp3) is 0.400. The van der Waals surface area contributed by atoms with Gasteiger partial charge in [-0.2, -0.15) is 0 Å². The van der Waals surface area contributed by atoms with Crippen molar-refractivity contribution in [2.45, 2.75) is 31.7 Å². The Kier molecular flexibility index (Phi) is 4.97. The van der Waals surface area contributed by atoms with E-state index in [1.165, 1.54) is 10.9 Å². The van der Waals surface area contributed by atoms with Crippen molar-refractivity contribution in [3.8, 4) is 0 Å². The molecular formula is C15H19ClN2. The molecule has 96 valence electrons. The highest BCUT2D eigenvalue weighted by atomic mass is 35.5. The Labute approximate surface area is 113 Å². The van der Waals surface area contributed by atoms with Crippen molar-refractivity contribution < 1.29 is 0 Å². The molecule has 2 rings (SSSR count). The van der Waals surface area contributed by atoms with Gasteiger partial charge in [0.05, 0.1) is 5.52 Å². The van der Waals surface area contributed by atoms with Gasteiger partial charge in [0.1, 0.15) is 0 Å². The molecule has 1 heterocycles. The van der Waals surface area contributed by atoms with Crippen LogP contribution in [-0.2, 0) is 6.54 Å². The molecule has 0 amide bonds. The number of pyridine rings is 1. The van der Waals surface area contributed by atoms with E-state index >= 15 is 0 Å². The van der Waals surface area contributed by atoms with Gasteiger partial charge in [-0.25, -0.2) is 0 Å². The summed E-state index contributed by atoms with van der Waals surface area (Å²) in [6, 6.07) is 10.3. The summed E-state index contributed by atoms with van der Waals surface area (Å²) in [6.07, 6.45) is 4.06. The van der Waals surface area contributed by atoms with Crippen molar-refractivity contribution >= 4 is 22.5 Å². The maximum absolute atomic E-state index is 6.19. The molecule has 1 atom stereocenters. The lowest BCUT2D eigenvalue weighted by Gasteiger charge is -2.11. The number of hydrogen-bond acceptors (Lipinski definition) is 2. The number of alkyl halides is 1. The second-order valence-electron chi connectivity index (χ2n) is 4.50. The van der Waals surface area contributed by atoms with Crippen molar-refractivity contribution in [2.24, 2.45) is 0 Å². The average Bonchev–Trinajstić information content (AvgIpc) is 2.39. The maximum atomic E-state index is 6.19. The number of rotatable bonds is 6. The van der Waals surface area contributed by atoms with E-state index in [0.29, 0.717) is 0 Å². The Hall–Kier alpha value is -1.12. The first-order valence-electron chi connectivity index (χ1n) is 6.48. The second-order valence-corrected chi connectivity index (χ2v) is 5.12. The second kappa shape index (κ2) is 6.72. The third-order valence-corrected chi connectivity index (χ3v) is 3.40. The van der Waals surface area contributed by atoms with Crippen LogP contribution in [0.3, 0.4) is 0 Å². The van der Waals surface area contributed by atoms with Crippen LogP contribution in [0.1, 0.15) is 25.3 Å². The molecule has 1 unspecified atom stereocenters. The van der Waals surface area contributed by atoms with E-state index in [9.17, 15) is 0 Å².